The third-order valence-corrected chi connectivity index (χ3v) is 4.97. The Kier molecular flexibility index (Phi) is 7.06. The van der Waals surface area contributed by atoms with E-state index in [2.05, 4.69) is 42.5 Å². The molecule has 144 valence electrons. The molecule has 0 aromatic heterocycles. The van der Waals surface area contributed by atoms with E-state index < -0.39 is 0 Å². The van der Waals surface area contributed by atoms with E-state index in [0.717, 1.165) is 20.2 Å². The molecular weight excluding hydrogens is 491 g/mol. The Hall–Kier alpha value is -2.38. The summed E-state index contributed by atoms with van der Waals surface area (Å²) in [6.07, 6.45) is 0. The molecule has 0 heterocycles. The molecule has 0 radical (unpaired) electrons. The minimum absolute atomic E-state index is 0.146. The zero-order valence-corrected chi connectivity index (χ0v) is 17.9. The van der Waals surface area contributed by atoms with Crippen LogP contribution in [0.15, 0.2) is 75.7 Å². The van der Waals surface area contributed by atoms with Crippen molar-refractivity contribution in [1.82, 2.24) is 0 Å². The van der Waals surface area contributed by atoms with E-state index in [0.29, 0.717) is 18.0 Å². The summed E-state index contributed by atoms with van der Waals surface area (Å²) in [5.41, 5.74) is 2.61. The predicted molar refractivity (Wildman–Crippen MR) is 116 cm³/mol. The molecule has 0 unspecified atom stereocenters. The van der Waals surface area contributed by atoms with Gasteiger partial charge in [-0.3, -0.25) is 4.79 Å². The zero-order chi connectivity index (χ0) is 19.9. The van der Waals surface area contributed by atoms with E-state index in [1.54, 1.807) is 0 Å². The standard InChI is InChI=1S/C21H17Br2FN2O2/c22-15-2-6-17(7-3-15)25-12-14-1-10-20(19(23)11-14)28-13-21(27)26-18-8-4-16(24)5-9-18/h1-11,25H,12-13H2,(H,26,27). The second-order valence-electron chi connectivity index (χ2n) is 5.97. The number of hydrogen-bond acceptors (Lipinski definition) is 3. The van der Waals surface area contributed by atoms with Crippen molar-refractivity contribution in [2.45, 2.75) is 6.54 Å². The number of ether oxygens (including phenoxy) is 1. The normalized spacial score (nSPS) is 10.4. The molecule has 0 spiro atoms. The summed E-state index contributed by atoms with van der Waals surface area (Å²) in [5.74, 6) is -0.103. The van der Waals surface area contributed by atoms with Crippen LogP contribution in [0.5, 0.6) is 5.75 Å². The first-order valence-corrected chi connectivity index (χ1v) is 10.0. The van der Waals surface area contributed by atoms with Gasteiger partial charge in [-0.05, 0) is 82.2 Å². The summed E-state index contributed by atoms with van der Waals surface area (Å²) >= 11 is 6.89. The van der Waals surface area contributed by atoms with Gasteiger partial charge < -0.3 is 15.4 Å². The Bertz CT molecular complexity index is 948. The summed E-state index contributed by atoms with van der Waals surface area (Å²) in [7, 11) is 0. The number of halogens is 3. The summed E-state index contributed by atoms with van der Waals surface area (Å²) in [5, 5.41) is 6.00. The Labute approximate surface area is 179 Å². The van der Waals surface area contributed by atoms with E-state index in [-0.39, 0.29) is 18.3 Å². The van der Waals surface area contributed by atoms with Crippen LogP contribution in [-0.2, 0) is 11.3 Å². The molecule has 0 aliphatic rings. The van der Waals surface area contributed by atoms with Crippen LogP contribution in [0.1, 0.15) is 5.56 Å². The summed E-state index contributed by atoms with van der Waals surface area (Å²) < 4.78 is 20.3. The molecule has 1 amide bonds. The Morgan fingerprint density at radius 1 is 0.929 bits per heavy atom. The fourth-order valence-electron chi connectivity index (χ4n) is 2.42. The number of carbonyl (C=O) groups is 1. The first-order chi connectivity index (χ1) is 13.5. The van der Waals surface area contributed by atoms with Crippen molar-refractivity contribution in [2.24, 2.45) is 0 Å². The Morgan fingerprint density at radius 3 is 2.29 bits per heavy atom. The number of benzene rings is 3. The molecule has 0 atom stereocenters. The highest BCUT2D eigenvalue weighted by molar-refractivity contribution is 9.10. The second kappa shape index (κ2) is 9.71. The molecule has 28 heavy (non-hydrogen) atoms. The van der Waals surface area contributed by atoms with Crippen LogP contribution in [0, 0.1) is 5.82 Å². The Morgan fingerprint density at radius 2 is 1.61 bits per heavy atom. The maximum Gasteiger partial charge on any atom is 0.262 e. The number of amides is 1. The second-order valence-corrected chi connectivity index (χ2v) is 7.74. The van der Waals surface area contributed by atoms with E-state index in [4.69, 9.17) is 4.74 Å². The molecule has 3 aromatic rings. The van der Waals surface area contributed by atoms with Gasteiger partial charge in [0.05, 0.1) is 4.47 Å². The first-order valence-electron chi connectivity index (χ1n) is 8.46. The van der Waals surface area contributed by atoms with Crippen molar-refractivity contribution in [3.8, 4) is 5.75 Å². The van der Waals surface area contributed by atoms with Crippen LogP contribution in [0.25, 0.3) is 0 Å². The minimum Gasteiger partial charge on any atom is -0.483 e. The molecule has 3 rings (SSSR count). The molecule has 0 aliphatic heterocycles. The lowest BCUT2D eigenvalue weighted by atomic mass is 10.2. The van der Waals surface area contributed by atoms with Crippen LogP contribution in [-0.4, -0.2) is 12.5 Å². The van der Waals surface area contributed by atoms with Crippen molar-refractivity contribution >= 4 is 49.1 Å². The van der Waals surface area contributed by atoms with Crippen molar-refractivity contribution in [2.75, 3.05) is 17.2 Å². The SMILES string of the molecule is O=C(COc1ccc(CNc2ccc(Br)cc2)cc1Br)Nc1ccc(F)cc1. The quantitative estimate of drug-likeness (QED) is 0.413. The van der Waals surface area contributed by atoms with Crippen molar-refractivity contribution < 1.29 is 13.9 Å². The van der Waals surface area contributed by atoms with Crippen LogP contribution >= 0.6 is 31.9 Å². The lowest BCUT2D eigenvalue weighted by molar-refractivity contribution is -0.118. The molecular formula is C21H17Br2FN2O2. The molecule has 4 nitrogen and oxygen atoms in total. The van der Waals surface area contributed by atoms with E-state index >= 15 is 0 Å². The molecule has 0 saturated heterocycles. The van der Waals surface area contributed by atoms with Gasteiger partial charge in [0.2, 0.25) is 0 Å². The van der Waals surface area contributed by atoms with Crippen molar-refractivity contribution in [1.29, 1.82) is 0 Å². The molecule has 0 bridgehead atoms. The average molecular weight is 508 g/mol. The summed E-state index contributed by atoms with van der Waals surface area (Å²) in [6, 6.07) is 19.2. The molecule has 0 fully saturated rings. The van der Waals surface area contributed by atoms with Crippen LogP contribution in [0.4, 0.5) is 15.8 Å². The maximum absolute atomic E-state index is 12.9. The third kappa shape index (κ3) is 6.07. The average Bonchev–Trinajstić information content (AvgIpc) is 2.68. The van der Waals surface area contributed by atoms with Gasteiger partial charge in [0.1, 0.15) is 11.6 Å². The summed E-state index contributed by atoms with van der Waals surface area (Å²) in [6.45, 7) is 0.512. The van der Waals surface area contributed by atoms with Crippen LogP contribution < -0.4 is 15.4 Å². The van der Waals surface area contributed by atoms with Gasteiger partial charge in [-0.25, -0.2) is 4.39 Å². The first kappa shape index (κ1) is 20.4. The van der Waals surface area contributed by atoms with E-state index in [1.165, 1.54) is 24.3 Å². The van der Waals surface area contributed by atoms with Gasteiger partial charge in [-0.2, -0.15) is 0 Å². The van der Waals surface area contributed by atoms with Gasteiger partial charge in [0.25, 0.3) is 5.91 Å². The van der Waals surface area contributed by atoms with Crippen LogP contribution in [0.2, 0.25) is 0 Å². The molecule has 3 aromatic carbocycles. The fraction of sp³-hybridized carbons (Fsp3) is 0.0952. The van der Waals surface area contributed by atoms with Crippen LogP contribution in [0.3, 0.4) is 0 Å². The fourth-order valence-corrected chi connectivity index (χ4v) is 3.22. The lowest BCUT2D eigenvalue weighted by Crippen LogP contribution is -2.20. The van der Waals surface area contributed by atoms with Gasteiger partial charge in [0, 0.05) is 22.4 Å². The molecule has 0 aliphatic carbocycles. The highest BCUT2D eigenvalue weighted by atomic mass is 79.9. The van der Waals surface area contributed by atoms with E-state index in [1.807, 2.05) is 42.5 Å². The number of carbonyl (C=O) groups excluding carboxylic acids is 1. The monoisotopic (exact) mass is 506 g/mol. The molecule has 7 heteroatoms. The number of hydrogen-bond donors (Lipinski definition) is 2. The molecule has 0 saturated carbocycles. The van der Waals surface area contributed by atoms with Gasteiger partial charge >= 0.3 is 0 Å². The van der Waals surface area contributed by atoms with Gasteiger partial charge in [-0.1, -0.05) is 22.0 Å². The van der Waals surface area contributed by atoms with Crippen molar-refractivity contribution in [3.63, 3.8) is 0 Å². The maximum atomic E-state index is 12.9. The van der Waals surface area contributed by atoms with Gasteiger partial charge in [0.15, 0.2) is 6.61 Å². The zero-order valence-electron chi connectivity index (χ0n) is 14.7. The number of nitrogens with one attached hydrogen (secondary N) is 2. The highest BCUT2D eigenvalue weighted by Crippen LogP contribution is 2.26. The highest BCUT2D eigenvalue weighted by Gasteiger charge is 2.07. The van der Waals surface area contributed by atoms with E-state index in [9.17, 15) is 9.18 Å². The number of anilines is 2. The molecule has 2 N–H and O–H groups in total. The largest absolute Gasteiger partial charge is 0.483 e. The van der Waals surface area contributed by atoms with Crippen molar-refractivity contribution in [3.05, 3.63) is 87.1 Å². The smallest absolute Gasteiger partial charge is 0.262 e. The van der Waals surface area contributed by atoms with Gasteiger partial charge in [-0.15, -0.1) is 0 Å². The number of rotatable bonds is 7. The summed E-state index contributed by atoms with van der Waals surface area (Å²) in [4.78, 5) is 12.0. The minimum atomic E-state index is -0.354. The lowest BCUT2D eigenvalue weighted by Gasteiger charge is -2.11. The Balaban J connectivity index is 1.51. The third-order valence-electron chi connectivity index (χ3n) is 3.82. The predicted octanol–water partition coefficient (Wildman–Crippen LogP) is 5.98. The topological polar surface area (TPSA) is 50.4 Å².